The van der Waals surface area contributed by atoms with Gasteiger partial charge in [0.05, 0.1) is 12.7 Å². The first kappa shape index (κ1) is 16.9. The summed E-state index contributed by atoms with van der Waals surface area (Å²) in [5.41, 5.74) is -2.44. The number of hydrogen-bond acceptors (Lipinski definition) is 2. The molecule has 0 bridgehead atoms. The molecule has 2 aromatic rings. The molecule has 0 aliphatic heterocycles. The van der Waals surface area contributed by atoms with Gasteiger partial charge in [-0.05, 0) is 47.9 Å². The van der Waals surface area contributed by atoms with Crippen molar-refractivity contribution in [2.24, 2.45) is 0 Å². The van der Waals surface area contributed by atoms with E-state index in [1.54, 1.807) is 0 Å². The van der Waals surface area contributed by atoms with Crippen molar-refractivity contribution >= 4 is 22.7 Å². The van der Waals surface area contributed by atoms with Crippen molar-refractivity contribution in [1.29, 1.82) is 0 Å². The number of allylic oxidation sites excluding steroid dienone is 1. The second-order valence-electron chi connectivity index (χ2n) is 5.74. The highest BCUT2D eigenvalue weighted by atomic mass is 35.5. The van der Waals surface area contributed by atoms with Crippen LogP contribution in [0.15, 0.2) is 42.5 Å². The lowest BCUT2D eigenvalue weighted by Gasteiger charge is -2.24. The Morgan fingerprint density at radius 3 is 2.25 bits per heavy atom. The van der Waals surface area contributed by atoms with E-state index in [0.29, 0.717) is 10.8 Å². The lowest BCUT2D eigenvalue weighted by molar-refractivity contribution is -0.0686. The molecule has 0 saturated heterocycles. The number of rotatable bonds is 2. The highest BCUT2D eigenvalue weighted by molar-refractivity contribution is 6.30. The number of ether oxygens (including phenoxy) is 1. The molecular formula is C18H14ClF3O2. The fraction of sp³-hybridized carbons (Fsp3) is 0.222. The van der Waals surface area contributed by atoms with E-state index in [1.807, 2.05) is 0 Å². The Labute approximate surface area is 142 Å². The maximum absolute atomic E-state index is 13.8. The first-order chi connectivity index (χ1) is 11.2. The molecule has 24 heavy (non-hydrogen) atoms. The standard InChI is InChI=1S/C18H14ClF3O2/c1-17(23)14-9-12(24-2)7-8-13(14)16(18(20,21)22)15(17)10-3-5-11(19)6-4-10/h3-9,23H,1-2H3. The molecule has 6 heteroatoms. The molecule has 0 aromatic heterocycles. The van der Waals surface area contributed by atoms with E-state index in [0.717, 1.165) is 0 Å². The molecule has 0 amide bonds. The van der Waals surface area contributed by atoms with Gasteiger partial charge in [-0.3, -0.25) is 0 Å². The number of hydrogen-bond donors (Lipinski definition) is 1. The molecule has 0 heterocycles. The Kier molecular flexibility index (Phi) is 3.89. The Balaban J connectivity index is 2.32. The van der Waals surface area contributed by atoms with Crippen LogP contribution in [-0.4, -0.2) is 18.4 Å². The SMILES string of the molecule is COc1ccc2c(c1)C(C)(O)C(c1ccc(Cl)cc1)=C2C(F)(F)F. The number of aliphatic hydroxyl groups is 1. The summed E-state index contributed by atoms with van der Waals surface area (Å²) in [6.45, 7) is 1.36. The molecule has 2 aromatic carbocycles. The summed E-state index contributed by atoms with van der Waals surface area (Å²) in [4.78, 5) is 0. The normalized spacial score (nSPS) is 20.3. The van der Waals surface area contributed by atoms with E-state index in [9.17, 15) is 18.3 Å². The summed E-state index contributed by atoms with van der Waals surface area (Å²) >= 11 is 5.83. The van der Waals surface area contributed by atoms with Crippen molar-refractivity contribution in [2.45, 2.75) is 18.7 Å². The fourth-order valence-electron chi connectivity index (χ4n) is 3.12. The van der Waals surface area contributed by atoms with Crippen molar-refractivity contribution in [3.63, 3.8) is 0 Å². The largest absolute Gasteiger partial charge is 0.497 e. The quantitative estimate of drug-likeness (QED) is 0.818. The molecule has 1 N–H and O–H groups in total. The van der Waals surface area contributed by atoms with Crippen LogP contribution >= 0.6 is 11.6 Å². The number of benzene rings is 2. The van der Waals surface area contributed by atoms with Gasteiger partial charge in [-0.15, -0.1) is 0 Å². The lowest BCUT2D eigenvalue weighted by atomic mass is 9.87. The lowest BCUT2D eigenvalue weighted by Crippen LogP contribution is -2.21. The molecule has 0 radical (unpaired) electrons. The summed E-state index contributed by atoms with van der Waals surface area (Å²) < 4.78 is 46.3. The third kappa shape index (κ3) is 2.58. The van der Waals surface area contributed by atoms with Gasteiger partial charge in [0.2, 0.25) is 0 Å². The van der Waals surface area contributed by atoms with Crippen LogP contribution in [0.5, 0.6) is 5.75 Å². The first-order valence-corrected chi connectivity index (χ1v) is 7.53. The van der Waals surface area contributed by atoms with Crippen LogP contribution < -0.4 is 4.74 Å². The van der Waals surface area contributed by atoms with Crippen LogP contribution in [0, 0.1) is 0 Å². The van der Waals surface area contributed by atoms with Gasteiger partial charge in [0.15, 0.2) is 0 Å². The molecule has 3 rings (SSSR count). The third-order valence-corrected chi connectivity index (χ3v) is 4.43. The summed E-state index contributed by atoms with van der Waals surface area (Å²) in [7, 11) is 1.42. The molecule has 1 unspecified atom stereocenters. The van der Waals surface area contributed by atoms with Gasteiger partial charge in [-0.25, -0.2) is 0 Å². The van der Waals surface area contributed by atoms with Gasteiger partial charge in [0.25, 0.3) is 0 Å². The molecule has 1 aliphatic carbocycles. The van der Waals surface area contributed by atoms with Gasteiger partial charge in [-0.2, -0.15) is 13.2 Å². The zero-order valence-electron chi connectivity index (χ0n) is 12.9. The van der Waals surface area contributed by atoms with Crippen molar-refractivity contribution in [1.82, 2.24) is 0 Å². The highest BCUT2D eigenvalue weighted by Gasteiger charge is 2.50. The molecule has 0 saturated carbocycles. The Hall–Kier alpha value is -1.98. The second kappa shape index (κ2) is 5.53. The van der Waals surface area contributed by atoms with Crippen LogP contribution in [0.4, 0.5) is 13.2 Å². The maximum Gasteiger partial charge on any atom is 0.417 e. The predicted molar refractivity (Wildman–Crippen MR) is 86.9 cm³/mol. The van der Waals surface area contributed by atoms with E-state index in [4.69, 9.17) is 16.3 Å². The molecule has 0 fully saturated rings. The third-order valence-electron chi connectivity index (χ3n) is 4.17. The Bertz CT molecular complexity index is 821. The summed E-state index contributed by atoms with van der Waals surface area (Å²) in [6, 6.07) is 10.2. The van der Waals surface area contributed by atoms with Gasteiger partial charge in [0.1, 0.15) is 11.4 Å². The topological polar surface area (TPSA) is 29.5 Å². The van der Waals surface area contributed by atoms with Gasteiger partial charge in [-0.1, -0.05) is 29.8 Å². The van der Waals surface area contributed by atoms with E-state index in [1.165, 1.54) is 56.5 Å². The van der Waals surface area contributed by atoms with Gasteiger partial charge >= 0.3 is 6.18 Å². The average molecular weight is 355 g/mol. The highest BCUT2D eigenvalue weighted by Crippen LogP contribution is 2.55. The number of halogens is 4. The van der Waals surface area contributed by atoms with Crippen LogP contribution in [0.1, 0.15) is 23.6 Å². The maximum atomic E-state index is 13.8. The molecule has 1 aliphatic rings. The zero-order chi connectivity index (χ0) is 17.7. The average Bonchev–Trinajstić information content (AvgIpc) is 2.75. The monoisotopic (exact) mass is 354 g/mol. The van der Waals surface area contributed by atoms with Crippen molar-refractivity contribution in [3.8, 4) is 5.75 Å². The molecular weight excluding hydrogens is 341 g/mol. The minimum Gasteiger partial charge on any atom is -0.497 e. The zero-order valence-corrected chi connectivity index (χ0v) is 13.7. The minimum absolute atomic E-state index is 0.0433. The van der Waals surface area contributed by atoms with Crippen LogP contribution in [0.2, 0.25) is 5.02 Å². The molecule has 0 spiro atoms. The van der Waals surface area contributed by atoms with Crippen molar-refractivity contribution < 1.29 is 23.0 Å². The summed E-state index contributed by atoms with van der Waals surface area (Å²) in [6.07, 6.45) is -4.61. The van der Waals surface area contributed by atoms with Crippen LogP contribution in [0.25, 0.3) is 11.1 Å². The number of alkyl halides is 3. The summed E-state index contributed by atoms with van der Waals surface area (Å²) in [5, 5.41) is 11.3. The summed E-state index contributed by atoms with van der Waals surface area (Å²) in [5.74, 6) is 0.382. The molecule has 2 nitrogen and oxygen atoms in total. The van der Waals surface area contributed by atoms with E-state index < -0.39 is 17.4 Å². The van der Waals surface area contributed by atoms with Crippen molar-refractivity contribution in [3.05, 3.63) is 64.2 Å². The van der Waals surface area contributed by atoms with E-state index in [2.05, 4.69) is 0 Å². The Morgan fingerprint density at radius 2 is 1.71 bits per heavy atom. The molecule has 126 valence electrons. The van der Waals surface area contributed by atoms with Crippen LogP contribution in [0.3, 0.4) is 0 Å². The fourth-order valence-corrected chi connectivity index (χ4v) is 3.25. The number of methoxy groups -OCH3 is 1. The minimum atomic E-state index is -4.61. The smallest absolute Gasteiger partial charge is 0.417 e. The van der Waals surface area contributed by atoms with Crippen molar-refractivity contribution in [2.75, 3.05) is 7.11 Å². The second-order valence-corrected chi connectivity index (χ2v) is 6.17. The Morgan fingerprint density at radius 1 is 1.08 bits per heavy atom. The van der Waals surface area contributed by atoms with E-state index in [-0.39, 0.29) is 22.3 Å². The van der Waals surface area contributed by atoms with Crippen LogP contribution in [-0.2, 0) is 5.60 Å². The molecule has 1 atom stereocenters. The first-order valence-electron chi connectivity index (χ1n) is 7.15. The van der Waals surface area contributed by atoms with Gasteiger partial charge in [0, 0.05) is 10.6 Å². The predicted octanol–water partition coefficient (Wildman–Crippen LogP) is 5.04. The number of fused-ring (bicyclic) bond motifs is 1. The van der Waals surface area contributed by atoms with Gasteiger partial charge < -0.3 is 9.84 Å². The van der Waals surface area contributed by atoms with E-state index >= 15 is 0 Å².